The van der Waals surface area contributed by atoms with E-state index in [4.69, 9.17) is 22.7 Å². The van der Waals surface area contributed by atoms with Gasteiger partial charge in [-0.2, -0.15) is 0 Å². The minimum atomic E-state index is -0.299. The van der Waals surface area contributed by atoms with Crippen LogP contribution in [0.3, 0.4) is 0 Å². The average Bonchev–Trinajstić information content (AvgIpc) is 2.86. The predicted octanol–water partition coefficient (Wildman–Crippen LogP) is 1.17. The van der Waals surface area contributed by atoms with Gasteiger partial charge < -0.3 is 15.4 Å². The highest BCUT2D eigenvalue weighted by Crippen LogP contribution is 2.29. The molecule has 0 aliphatic carbocycles. The van der Waals surface area contributed by atoms with E-state index in [0.717, 1.165) is 30.5 Å². The molecule has 0 aromatic carbocycles. The van der Waals surface area contributed by atoms with Crippen LogP contribution >= 0.6 is 12.2 Å². The van der Waals surface area contributed by atoms with Crippen molar-refractivity contribution in [1.29, 1.82) is 0 Å². The number of hydrogen-bond acceptors (Lipinski definition) is 5. The number of thiocarbonyl (C=S) groups is 1. The number of hydrogen-bond donors (Lipinski definition) is 1. The summed E-state index contributed by atoms with van der Waals surface area (Å²) >= 11 is 5.10. The summed E-state index contributed by atoms with van der Waals surface area (Å²) < 4.78 is 4.84. The molecule has 1 aliphatic rings. The third-order valence-corrected chi connectivity index (χ3v) is 3.59. The zero-order chi connectivity index (χ0) is 14.0. The van der Waals surface area contributed by atoms with Crippen LogP contribution in [0.4, 0.5) is 5.82 Å². The summed E-state index contributed by atoms with van der Waals surface area (Å²) in [6.45, 7) is 2.69. The lowest BCUT2D eigenvalue weighted by molar-refractivity contribution is -0.141. The standard InChI is InChI=1S/C13H17N3O2S/c1-8-5-6-15-12(10(8)11(14)19)16-7-3-4-9(16)13(17)18-2/h5-6,9H,3-4,7H2,1-2H3,(H2,14,19). The van der Waals surface area contributed by atoms with Crippen LogP contribution in [0.1, 0.15) is 24.0 Å². The number of pyridine rings is 1. The van der Waals surface area contributed by atoms with Gasteiger partial charge in [0.05, 0.1) is 12.7 Å². The molecule has 0 saturated carbocycles. The van der Waals surface area contributed by atoms with Crippen molar-refractivity contribution in [3.8, 4) is 0 Å². The van der Waals surface area contributed by atoms with Gasteiger partial charge in [0.2, 0.25) is 0 Å². The zero-order valence-corrected chi connectivity index (χ0v) is 11.9. The molecule has 1 aromatic rings. The Balaban J connectivity index is 2.44. The van der Waals surface area contributed by atoms with E-state index < -0.39 is 0 Å². The highest BCUT2D eigenvalue weighted by Gasteiger charge is 2.34. The number of nitrogens with zero attached hydrogens (tertiary/aromatic N) is 2. The van der Waals surface area contributed by atoms with Gasteiger partial charge in [-0.25, -0.2) is 9.78 Å². The van der Waals surface area contributed by atoms with Crippen LogP contribution in [-0.2, 0) is 9.53 Å². The minimum Gasteiger partial charge on any atom is -0.467 e. The second kappa shape index (κ2) is 5.52. The molecule has 0 radical (unpaired) electrons. The van der Waals surface area contributed by atoms with Gasteiger partial charge in [-0.15, -0.1) is 0 Å². The zero-order valence-electron chi connectivity index (χ0n) is 11.0. The Labute approximate surface area is 117 Å². The van der Waals surface area contributed by atoms with Gasteiger partial charge in [0.1, 0.15) is 16.8 Å². The number of ether oxygens (including phenoxy) is 1. The number of anilines is 1. The van der Waals surface area contributed by atoms with Crippen molar-refractivity contribution >= 4 is 29.0 Å². The largest absolute Gasteiger partial charge is 0.467 e. The van der Waals surface area contributed by atoms with E-state index in [1.807, 2.05) is 17.9 Å². The van der Waals surface area contributed by atoms with E-state index in [-0.39, 0.29) is 12.0 Å². The first-order valence-electron chi connectivity index (χ1n) is 6.16. The number of nitrogens with two attached hydrogens (primary N) is 1. The molecular formula is C13H17N3O2S. The number of aryl methyl sites for hydroxylation is 1. The lowest BCUT2D eigenvalue weighted by atomic mass is 10.1. The third-order valence-electron chi connectivity index (χ3n) is 3.38. The first kappa shape index (κ1) is 13.7. The Bertz CT molecular complexity index is 519. The molecule has 1 atom stereocenters. The topological polar surface area (TPSA) is 68.5 Å². The predicted molar refractivity (Wildman–Crippen MR) is 77.2 cm³/mol. The van der Waals surface area contributed by atoms with Gasteiger partial charge in [0.15, 0.2) is 0 Å². The first-order chi connectivity index (χ1) is 9.06. The van der Waals surface area contributed by atoms with Crippen LogP contribution in [0, 0.1) is 6.92 Å². The number of carbonyl (C=O) groups excluding carboxylic acids is 1. The minimum absolute atomic E-state index is 0.241. The fourth-order valence-electron chi connectivity index (χ4n) is 2.47. The maximum Gasteiger partial charge on any atom is 0.328 e. The quantitative estimate of drug-likeness (QED) is 0.661. The molecule has 6 heteroatoms. The molecule has 5 nitrogen and oxygen atoms in total. The fourth-order valence-corrected chi connectivity index (χ4v) is 2.72. The van der Waals surface area contributed by atoms with Gasteiger partial charge in [0.25, 0.3) is 0 Å². The van der Waals surface area contributed by atoms with Gasteiger partial charge >= 0.3 is 5.97 Å². The van der Waals surface area contributed by atoms with Crippen LogP contribution in [0.5, 0.6) is 0 Å². The molecule has 2 heterocycles. The van der Waals surface area contributed by atoms with E-state index in [1.54, 1.807) is 6.20 Å². The number of carbonyl (C=O) groups is 1. The van der Waals surface area contributed by atoms with Crippen molar-refractivity contribution < 1.29 is 9.53 Å². The molecule has 1 aromatic heterocycles. The van der Waals surface area contributed by atoms with Gasteiger partial charge in [-0.1, -0.05) is 12.2 Å². The molecule has 0 amide bonds. The maximum absolute atomic E-state index is 11.8. The molecule has 1 fully saturated rings. The molecule has 19 heavy (non-hydrogen) atoms. The van der Waals surface area contributed by atoms with E-state index >= 15 is 0 Å². The Morgan fingerprint density at radius 1 is 1.63 bits per heavy atom. The second-order valence-corrected chi connectivity index (χ2v) is 5.01. The summed E-state index contributed by atoms with van der Waals surface area (Å²) in [5, 5.41) is 0. The summed E-state index contributed by atoms with van der Waals surface area (Å²) in [4.78, 5) is 18.4. The molecule has 0 bridgehead atoms. The Morgan fingerprint density at radius 3 is 3.00 bits per heavy atom. The summed E-state index contributed by atoms with van der Waals surface area (Å²) in [6.07, 6.45) is 3.39. The number of rotatable bonds is 3. The number of aromatic nitrogens is 1. The molecule has 2 rings (SSSR count). The van der Waals surface area contributed by atoms with E-state index in [2.05, 4.69) is 4.98 Å². The normalized spacial score (nSPS) is 18.4. The van der Waals surface area contributed by atoms with E-state index in [1.165, 1.54) is 7.11 Å². The summed E-state index contributed by atoms with van der Waals surface area (Å²) in [6, 6.07) is 1.56. The molecule has 102 valence electrons. The van der Waals surface area contributed by atoms with E-state index in [0.29, 0.717) is 10.8 Å². The highest BCUT2D eigenvalue weighted by molar-refractivity contribution is 7.80. The first-order valence-corrected chi connectivity index (χ1v) is 6.57. The Hall–Kier alpha value is -1.69. The SMILES string of the molecule is COC(=O)C1CCCN1c1nccc(C)c1C(N)=S. The van der Waals surface area contributed by atoms with Crippen molar-refractivity contribution in [2.75, 3.05) is 18.6 Å². The average molecular weight is 279 g/mol. The monoisotopic (exact) mass is 279 g/mol. The smallest absolute Gasteiger partial charge is 0.328 e. The molecule has 1 unspecified atom stereocenters. The van der Waals surface area contributed by atoms with Crippen LogP contribution in [0.15, 0.2) is 12.3 Å². The van der Waals surface area contributed by atoms with Gasteiger partial charge in [-0.05, 0) is 31.4 Å². The Morgan fingerprint density at radius 2 is 2.37 bits per heavy atom. The van der Waals surface area contributed by atoms with Crippen molar-refractivity contribution in [3.63, 3.8) is 0 Å². The lowest BCUT2D eigenvalue weighted by Crippen LogP contribution is -2.38. The van der Waals surface area contributed by atoms with E-state index in [9.17, 15) is 4.79 Å². The lowest BCUT2D eigenvalue weighted by Gasteiger charge is -2.26. The second-order valence-electron chi connectivity index (χ2n) is 4.57. The summed E-state index contributed by atoms with van der Waals surface area (Å²) in [5.41, 5.74) is 7.50. The number of esters is 1. The van der Waals surface area contributed by atoms with Crippen LogP contribution in [0.25, 0.3) is 0 Å². The van der Waals surface area contributed by atoms with Crippen LogP contribution < -0.4 is 10.6 Å². The third kappa shape index (κ3) is 2.53. The summed E-state index contributed by atoms with van der Waals surface area (Å²) in [5.74, 6) is 0.440. The van der Waals surface area contributed by atoms with Crippen molar-refractivity contribution in [1.82, 2.24) is 4.98 Å². The van der Waals surface area contributed by atoms with Crippen LogP contribution in [0.2, 0.25) is 0 Å². The van der Waals surface area contributed by atoms with Gasteiger partial charge in [-0.3, -0.25) is 0 Å². The van der Waals surface area contributed by atoms with Crippen molar-refractivity contribution in [2.24, 2.45) is 5.73 Å². The van der Waals surface area contributed by atoms with Gasteiger partial charge in [0, 0.05) is 12.7 Å². The maximum atomic E-state index is 11.8. The molecule has 1 aliphatic heterocycles. The Kier molecular flexibility index (Phi) is 3.99. The number of methoxy groups -OCH3 is 1. The fraction of sp³-hybridized carbons (Fsp3) is 0.462. The van der Waals surface area contributed by atoms with Crippen molar-refractivity contribution in [2.45, 2.75) is 25.8 Å². The van der Waals surface area contributed by atoms with Crippen LogP contribution in [-0.4, -0.2) is 35.6 Å². The van der Waals surface area contributed by atoms with Crippen molar-refractivity contribution in [3.05, 3.63) is 23.4 Å². The highest BCUT2D eigenvalue weighted by atomic mass is 32.1. The molecule has 2 N–H and O–H groups in total. The summed E-state index contributed by atoms with van der Waals surface area (Å²) in [7, 11) is 1.40. The molecular weight excluding hydrogens is 262 g/mol. The molecule has 0 spiro atoms. The molecule has 1 saturated heterocycles.